The highest BCUT2D eigenvalue weighted by molar-refractivity contribution is 6.31. The Balaban J connectivity index is 1.69. The predicted molar refractivity (Wildman–Crippen MR) is 129 cm³/mol. The minimum absolute atomic E-state index is 0.0183. The van der Waals surface area contributed by atoms with E-state index in [0.29, 0.717) is 46.3 Å². The van der Waals surface area contributed by atoms with Crippen LogP contribution in [0.25, 0.3) is 10.9 Å². The van der Waals surface area contributed by atoms with Crippen molar-refractivity contribution in [3.63, 3.8) is 0 Å². The van der Waals surface area contributed by atoms with Gasteiger partial charge >= 0.3 is 0 Å². The molecule has 1 amide bonds. The lowest BCUT2D eigenvalue weighted by molar-refractivity contribution is -1.08. The number of halogens is 2. The molecule has 1 fully saturated rings. The zero-order valence-electron chi connectivity index (χ0n) is 19.2. The third-order valence-electron chi connectivity index (χ3n) is 5.92. The van der Waals surface area contributed by atoms with Crippen LogP contribution >= 0.6 is 11.6 Å². The lowest BCUT2D eigenvalue weighted by atomic mass is 10.1. The lowest BCUT2D eigenvalue weighted by Gasteiger charge is -2.38. The fourth-order valence-corrected chi connectivity index (χ4v) is 4.38. The summed E-state index contributed by atoms with van der Waals surface area (Å²) in [7, 11) is 1.59. The molecule has 0 radical (unpaired) electrons. The van der Waals surface area contributed by atoms with Crippen molar-refractivity contribution >= 4 is 39.9 Å². The van der Waals surface area contributed by atoms with E-state index in [2.05, 4.69) is 20.6 Å². The number of amides is 1. The van der Waals surface area contributed by atoms with Crippen molar-refractivity contribution in [1.29, 1.82) is 0 Å². The number of benzene rings is 2. The lowest BCUT2D eigenvalue weighted by Crippen LogP contribution is -2.56. The van der Waals surface area contributed by atoms with Crippen LogP contribution in [0.4, 0.5) is 15.9 Å². The number of carbonyl (C=O) groups is 1. The number of anilines is 2. The number of carbonyl (C=O) groups excluding carboxylic acids is 1. The Bertz CT molecular complexity index is 1190. The number of methoxy groups -OCH3 is 1. The topological polar surface area (TPSA) is 85.4 Å². The maximum absolute atomic E-state index is 13.6. The van der Waals surface area contributed by atoms with Gasteiger partial charge in [0.1, 0.15) is 37.6 Å². The number of nitrogens with zero attached hydrogens (tertiary/aromatic N) is 3. The van der Waals surface area contributed by atoms with E-state index >= 15 is 0 Å². The summed E-state index contributed by atoms with van der Waals surface area (Å²) in [4.78, 5) is 26.7. The van der Waals surface area contributed by atoms with Crippen LogP contribution in [0.1, 0.15) is 26.2 Å². The second kappa shape index (κ2) is 10.4. The van der Waals surface area contributed by atoms with Crippen molar-refractivity contribution in [3.05, 3.63) is 47.5 Å². The Hall–Kier alpha value is -3.17. The molecule has 0 spiro atoms. The number of rotatable bonds is 8. The van der Waals surface area contributed by atoms with Crippen LogP contribution in [0.5, 0.6) is 11.5 Å². The smallest absolute Gasteiger partial charge is 0.232 e. The van der Waals surface area contributed by atoms with Crippen LogP contribution in [-0.4, -0.2) is 53.8 Å². The molecule has 0 bridgehead atoms. The van der Waals surface area contributed by atoms with Crippen LogP contribution < -0.4 is 20.2 Å². The molecular weight excluding hydrogens is 461 g/mol. The highest BCUT2D eigenvalue weighted by atomic mass is 35.5. The van der Waals surface area contributed by atoms with Crippen LogP contribution in [0, 0.1) is 5.82 Å². The summed E-state index contributed by atoms with van der Waals surface area (Å²) in [5.74, 6) is 1.10. The molecule has 1 aromatic heterocycles. The quantitative estimate of drug-likeness (QED) is 0.450. The Labute approximate surface area is 202 Å². The zero-order valence-corrected chi connectivity index (χ0v) is 20.0. The molecule has 2 aromatic carbocycles. The molecule has 0 unspecified atom stereocenters. The first-order valence-corrected chi connectivity index (χ1v) is 11.6. The summed E-state index contributed by atoms with van der Waals surface area (Å²) in [5.41, 5.74) is 1.26. The third kappa shape index (κ3) is 5.48. The number of hydroxylamine groups is 3. The van der Waals surface area contributed by atoms with Gasteiger partial charge in [0, 0.05) is 43.0 Å². The van der Waals surface area contributed by atoms with Gasteiger partial charge in [-0.15, -0.1) is 4.65 Å². The summed E-state index contributed by atoms with van der Waals surface area (Å²) < 4.78 is 19.6. The number of fused-ring (bicyclic) bond motifs is 1. The molecule has 8 nitrogen and oxygen atoms in total. The minimum Gasteiger partial charge on any atom is -0.492 e. The normalized spacial score (nSPS) is 15.1. The van der Waals surface area contributed by atoms with Gasteiger partial charge in [-0.25, -0.2) is 14.4 Å². The summed E-state index contributed by atoms with van der Waals surface area (Å²) in [6.07, 6.45) is 4.68. The van der Waals surface area contributed by atoms with Gasteiger partial charge in [0.15, 0.2) is 5.75 Å². The molecule has 2 N–H and O–H groups in total. The Morgan fingerprint density at radius 1 is 1.15 bits per heavy atom. The maximum Gasteiger partial charge on any atom is 0.232 e. The van der Waals surface area contributed by atoms with Crippen LogP contribution in [0.3, 0.4) is 0 Å². The average molecular weight is 489 g/mol. The van der Waals surface area contributed by atoms with Crippen molar-refractivity contribution in [3.8, 4) is 11.5 Å². The van der Waals surface area contributed by atoms with E-state index in [1.54, 1.807) is 13.2 Å². The second-order valence-corrected chi connectivity index (χ2v) is 8.77. The molecular formula is C24H28ClFN5O3+. The van der Waals surface area contributed by atoms with E-state index in [1.807, 2.05) is 12.1 Å². The van der Waals surface area contributed by atoms with Gasteiger partial charge in [-0.05, 0) is 24.6 Å². The fourth-order valence-electron chi connectivity index (χ4n) is 4.20. The largest absolute Gasteiger partial charge is 0.492 e. The summed E-state index contributed by atoms with van der Waals surface area (Å²) in [5, 5.41) is 6.80. The zero-order chi connectivity index (χ0) is 24.1. The van der Waals surface area contributed by atoms with E-state index < -0.39 is 5.82 Å². The van der Waals surface area contributed by atoms with Gasteiger partial charge in [0.05, 0.1) is 24.2 Å². The highest BCUT2D eigenvalue weighted by Crippen LogP contribution is 2.37. The Morgan fingerprint density at radius 3 is 2.65 bits per heavy atom. The van der Waals surface area contributed by atoms with Crippen molar-refractivity contribution in [2.24, 2.45) is 0 Å². The summed E-state index contributed by atoms with van der Waals surface area (Å²) >= 11 is 5.94. The van der Waals surface area contributed by atoms with Gasteiger partial charge in [-0.3, -0.25) is 4.79 Å². The SMILES string of the molecule is COc1cc2ncnc(Nc3ccc(F)c(Cl)c3)c2cc1O[N+]1(CCNC(C)=O)CCCCC1. The average Bonchev–Trinajstić information content (AvgIpc) is 2.82. The molecule has 4 rings (SSSR count). The van der Waals surface area contributed by atoms with Crippen molar-refractivity contribution in [2.45, 2.75) is 26.2 Å². The number of hydrogen-bond donors (Lipinski definition) is 2. The molecule has 3 aromatic rings. The molecule has 1 aliphatic rings. The predicted octanol–water partition coefficient (Wildman–Crippen LogP) is 4.61. The molecule has 2 heterocycles. The number of quaternary nitrogens is 1. The van der Waals surface area contributed by atoms with E-state index in [0.717, 1.165) is 37.7 Å². The number of nitrogens with one attached hydrogen (secondary N) is 2. The molecule has 1 aliphatic heterocycles. The molecule has 0 atom stereocenters. The molecule has 0 aliphatic carbocycles. The Kier molecular flexibility index (Phi) is 7.33. The van der Waals surface area contributed by atoms with Gasteiger partial charge in [-0.2, -0.15) is 0 Å². The van der Waals surface area contributed by atoms with Crippen LogP contribution in [0.15, 0.2) is 36.7 Å². The monoisotopic (exact) mass is 488 g/mol. The number of aromatic nitrogens is 2. The van der Waals surface area contributed by atoms with Crippen LogP contribution in [0.2, 0.25) is 5.02 Å². The van der Waals surface area contributed by atoms with Gasteiger partial charge in [0.2, 0.25) is 11.7 Å². The fraction of sp³-hybridized carbons (Fsp3) is 0.375. The molecule has 34 heavy (non-hydrogen) atoms. The first kappa shape index (κ1) is 24.0. The first-order valence-electron chi connectivity index (χ1n) is 11.2. The van der Waals surface area contributed by atoms with E-state index in [-0.39, 0.29) is 10.9 Å². The van der Waals surface area contributed by atoms with Crippen LogP contribution in [-0.2, 0) is 4.79 Å². The van der Waals surface area contributed by atoms with E-state index in [4.69, 9.17) is 21.2 Å². The molecule has 180 valence electrons. The molecule has 1 saturated heterocycles. The minimum atomic E-state index is -0.491. The number of likely N-dealkylation sites (tertiary alicyclic amines) is 1. The number of ether oxygens (including phenoxy) is 1. The number of piperidine rings is 1. The van der Waals surface area contributed by atoms with Gasteiger partial charge < -0.3 is 20.2 Å². The maximum atomic E-state index is 13.6. The first-order chi connectivity index (χ1) is 16.4. The van der Waals surface area contributed by atoms with E-state index in [9.17, 15) is 9.18 Å². The van der Waals surface area contributed by atoms with Crippen molar-refractivity contribution in [1.82, 2.24) is 15.3 Å². The summed E-state index contributed by atoms with van der Waals surface area (Å²) in [6, 6.07) is 8.05. The van der Waals surface area contributed by atoms with E-state index in [1.165, 1.54) is 25.4 Å². The second-order valence-electron chi connectivity index (χ2n) is 8.36. The third-order valence-corrected chi connectivity index (χ3v) is 6.21. The standard InChI is InChI=1S/C24H27ClFN5O3/c1-16(32)27-8-11-31(9-4-3-5-10-31)34-23-13-18-21(14-22(23)33-2)28-15-29-24(18)30-17-6-7-20(26)19(25)12-17/h6-7,12-15H,3-5,8-11H2,1-2H3,(H-,27,28,29,30,32)/p+1. The number of hydrogen-bond acceptors (Lipinski definition) is 6. The molecule has 10 heteroatoms. The molecule has 0 saturated carbocycles. The van der Waals surface area contributed by atoms with Gasteiger partial charge in [-0.1, -0.05) is 11.6 Å². The van der Waals surface area contributed by atoms with Crippen molar-refractivity contribution < 1.29 is 23.4 Å². The summed E-state index contributed by atoms with van der Waals surface area (Å²) in [6.45, 7) is 4.35. The Morgan fingerprint density at radius 2 is 1.94 bits per heavy atom. The van der Waals surface area contributed by atoms with Crippen molar-refractivity contribution in [2.75, 3.05) is 38.6 Å². The van der Waals surface area contributed by atoms with Gasteiger partial charge in [0.25, 0.3) is 0 Å². The highest BCUT2D eigenvalue weighted by Gasteiger charge is 2.34.